The number of aromatic nitrogens is 3. The van der Waals surface area contributed by atoms with E-state index >= 15 is 0 Å². The number of nitrogens with zero attached hydrogens (tertiary/aromatic N) is 3. The molecule has 0 fully saturated rings. The van der Waals surface area contributed by atoms with Gasteiger partial charge in [-0.1, -0.05) is 18.2 Å². The molecule has 0 radical (unpaired) electrons. The van der Waals surface area contributed by atoms with E-state index in [9.17, 15) is 0 Å². The maximum atomic E-state index is 4.53. The molecule has 20 heavy (non-hydrogen) atoms. The Morgan fingerprint density at radius 1 is 0.850 bits per heavy atom. The number of hydrogen-bond acceptors (Lipinski definition) is 2. The van der Waals surface area contributed by atoms with E-state index in [2.05, 4.69) is 44.9 Å². The van der Waals surface area contributed by atoms with Gasteiger partial charge in [-0.3, -0.25) is 9.97 Å². The third-order valence-electron chi connectivity index (χ3n) is 3.58. The second-order valence-electron chi connectivity index (χ2n) is 4.88. The van der Waals surface area contributed by atoms with Crippen molar-refractivity contribution in [2.45, 2.75) is 6.92 Å². The summed E-state index contributed by atoms with van der Waals surface area (Å²) in [6.45, 7) is 2.00. The highest BCUT2D eigenvalue weighted by atomic mass is 15.0. The number of para-hydroxylation sites is 1. The van der Waals surface area contributed by atoms with E-state index in [0.717, 1.165) is 27.9 Å². The van der Waals surface area contributed by atoms with Crippen molar-refractivity contribution in [2.75, 3.05) is 0 Å². The predicted octanol–water partition coefficient (Wildman–Crippen LogP) is 3.88. The maximum Gasteiger partial charge on any atom is 0.0963 e. The van der Waals surface area contributed by atoms with Crippen molar-refractivity contribution >= 4 is 21.9 Å². The van der Waals surface area contributed by atoms with Crippen LogP contribution >= 0.6 is 0 Å². The van der Waals surface area contributed by atoms with Crippen LogP contribution in [0, 0.1) is 6.92 Å². The molecule has 0 unspecified atom stereocenters. The second-order valence-corrected chi connectivity index (χ2v) is 4.88. The monoisotopic (exact) mass is 259 g/mol. The fourth-order valence-corrected chi connectivity index (χ4v) is 2.65. The van der Waals surface area contributed by atoms with Crippen LogP contribution in [-0.4, -0.2) is 14.5 Å². The van der Waals surface area contributed by atoms with Crippen molar-refractivity contribution < 1.29 is 0 Å². The summed E-state index contributed by atoms with van der Waals surface area (Å²) >= 11 is 0. The Hall–Kier alpha value is -2.68. The van der Waals surface area contributed by atoms with Crippen LogP contribution in [0.1, 0.15) is 5.69 Å². The van der Waals surface area contributed by atoms with Crippen LogP contribution in [0.3, 0.4) is 0 Å². The lowest BCUT2D eigenvalue weighted by Gasteiger charge is -2.06. The molecule has 0 atom stereocenters. The molecule has 0 aliphatic carbocycles. The van der Waals surface area contributed by atoms with Gasteiger partial charge in [0.05, 0.1) is 28.4 Å². The fourth-order valence-electron chi connectivity index (χ4n) is 2.65. The molecule has 3 heterocycles. The van der Waals surface area contributed by atoms with Crippen LogP contribution in [0.25, 0.3) is 27.6 Å². The SMILES string of the molecule is Cc1ccc(-n2c3ccccc3c3ncccc32)cn1. The van der Waals surface area contributed by atoms with Crippen molar-refractivity contribution in [1.82, 2.24) is 14.5 Å². The molecule has 3 aromatic heterocycles. The zero-order valence-electron chi connectivity index (χ0n) is 11.1. The molecule has 0 aliphatic heterocycles. The Balaban J connectivity index is 2.17. The van der Waals surface area contributed by atoms with Gasteiger partial charge in [-0.05, 0) is 37.3 Å². The second kappa shape index (κ2) is 4.17. The smallest absolute Gasteiger partial charge is 0.0963 e. The van der Waals surface area contributed by atoms with Gasteiger partial charge in [-0.25, -0.2) is 0 Å². The van der Waals surface area contributed by atoms with E-state index in [1.54, 1.807) is 0 Å². The minimum Gasteiger partial charge on any atom is -0.306 e. The standard InChI is InChI=1S/C17H13N3/c1-12-8-9-13(11-19-12)20-15-6-3-2-5-14(15)17-16(20)7-4-10-18-17/h2-11H,1H3. The zero-order valence-corrected chi connectivity index (χ0v) is 11.1. The average Bonchev–Trinajstić information content (AvgIpc) is 2.83. The molecule has 3 heteroatoms. The highest BCUT2D eigenvalue weighted by Crippen LogP contribution is 2.29. The Labute approximate surface area is 116 Å². The zero-order chi connectivity index (χ0) is 13.5. The first-order valence-corrected chi connectivity index (χ1v) is 6.62. The van der Waals surface area contributed by atoms with Gasteiger partial charge in [-0.2, -0.15) is 0 Å². The van der Waals surface area contributed by atoms with E-state index in [0.29, 0.717) is 0 Å². The number of aryl methyl sites for hydroxylation is 1. The lowest BCUT2D eigenvalue weighted by Crippen LogP contribution is -1.95. The maximum absolute atomic E-state index is 4.53. The summed E-state index contributed by atoms with van der Waals surface area (Å²) in [6, 6.07) is 16.5. The lowest BCUT2D eigenvalue weighted by atomic mass is 10.2. The average molecular weight is 259 g/mol. The third kappa shape index (κ3) is 1.53. The summed E-state index contributed by atoms with van der Waals surface area (Å²) in [4.78, 5) is 8.94. The number of hydrogen-bond donors (Lipinski definition) is 0. The van der Waals surface area contributed by atoms with Crippen molar-refractivity contribution in [3.8, 4) is 5.69 Å². The number of rotatable bonds is 1. The van der Waals surface area contributed by atoms with Gasteiger partial charge in [0.1, 0.15) is 0 Å². The third-order valence-corrected chi connectivity index (χ3v) is 3.58. The van der Waals surface area contributed by atoms with E-state index in [4.69, 9.17) is 0 Å². The molecule has 4 aromatic rings. The van der Waals surface area contributed by atoms with Gasteiger partial charge >= 0.3 is 0 Å². The molecule has 3 nitrogen and oxygen atoms in total. The Bertz CT molecular complexity index is 851. The minimum atomic E-state index is 1.02. The lowest BCUT2D eigenvalue weighted by molar-refractivity contribution is 1.11. The molecule has 96 valence electrons. The van der Waals surface area contributed by atoms with Crippen molar-refractivity contribution in [1.29, 1.82) is 0 Å². The molecular weight excluding hydrogens is 246 g/mol. The summed E-state index contributed by atoms with van der Waals surface area (Å²) in [5.41, 5.74) is 5.39. The van der Waals surface area contributed by atoms with Gasteiger partial charge in [0.25, 0.3) is 0 Å². The molecule has 0 N–H and O–H groups in total. The fraction of sp³-hybridized carbons (Fsp3) is 0.0588. The molecule has 0 aliphatic rings. The summed E-state index contributed by atoms with van der Waals surface area (Å²) in [6.07, 6.45) is 3.75. The highest BCUT2D eigenvalue weighted by Gasteiger charge is 2.11. The topological polar surface area (TPSA) is 30.7 Å². The Morgan fingerprint density at radius 2 is 1.70 bits per heavy atom. The van der Waals surface area contributed by atoms with Gasteiger partial charge in [0.15, 0.2) is 0 Å². The molecule has 0 saturated carbocycles. The number of benzene rings is 1. The van der Waals surface area contributed by atoms with Crippen LogP contribution in [0.5, 0.6) is 0 Å². The summed E-state index contributed by atoms with van der Waals surface area (Å²) in [7, 11) is 0. The number of pyridine rings is 2. The van der Waals surface area contributed by atoms with Crippen LogP contribution in [0.15, 0.2) is 60.9 Å². The van der Waals surface area contributed by atoms with E-state index in [-0.39, 0.29) is 0 Å². The van der Waals surface area contributed by atoms with E-state index in [1.165, 1.54) is 5.39 Å². The summed E-state index contributed by atoms with van der Waals surface area (Å²) < 4.78 is 2.21. The molecule has 1 aromatic carbocycles. The Morgan fingerprint density at radius 3 is 2.55 bits per heavy atom. The van der Waals surface area contributed by atoms with E-state index < -0.39 is 0 Å². The molecule has 4 rings (SSSR count). The van der Waals surface area contributed by atoms with Crippen molar-refractivity contribution in [3.05, 3.63) is 66.6 Å². The summed E-state index contributed by atoms with van der Waals surface area (Å²) in [5.74, 6) is 0. The van der Waals surface area contributed by atoms with Gasteiger partial charge < -0.3 is 4.57 Å². The Kier molecular flexibility index (Phi) is 2.33. The largest absolute Gasteiger partial charge is 0.306 e. The van der Waals surface area contributed by atoms with Gasteiger partial charge in [0.2, 0.25) is 0 Å². The first-order valence-electron chi connectivity index (χ1n) is 6.62. The first-order chi connectivity index (χ1) is 9.84. The highest BCUT2D eigenvalue weighted by molar-refractivity contribution is 6.06. The van der Waals surface area contributed by atoms with Crippen molar-refractivity contribution in [2.24, 2.45) is 0 Å². The van der Waals surface area contributed by atoms with Crippen LogP contribution in [-0.2, 0) is 0 Å². The van der Waals surface area contributed by atoms with Crippen LogP contribution in [0.4, 0.5) is 0 Å². The normalized spacial score (nSPS) is 11.2. The summed E-state index contributed by atoms with van der Waals surface area (Å²) in [5, 5.41) is 1.17. The number of fused-ring (bicyclic) bond motifs is 3. The molecule has 0 saturated heterocycles. The molecule has 0 spiro atoms. The van der Waals surface area contributed by atoms with E-state index in [1.807, 2.05) is 37.5 Å². The van der Waals surface area contributed by atoms with Crippen LogP contribution < -0.4 is 0 Å². The molecular formula is C17H13N3. The molecule has 0 bridgehead atoms. The minimum absolute atomic E-state index is 1.02. The van der Waals surface area contributed by atoms with Gasteiger partial charge in [0, 0.05) is 17.3 Å². The van der Waals surface area contributed by atoms with Crippen molar-refractivity contribution in [3.63, 3.8) is 0 Å². The molecule has 0 amide bonds. The van der Waals surface area contributed by atoms with Gasteiger partial charge in [-0.15, -0.1) is 0 Å². The predicted molar refractivity (Wildman–Crippen MR) is 81.1 cm³/mol. The quantitative estimate of drug-likeness (QED) is 0.519. The van der Waals surface area contributed by atoms with Crippen LogP contribution in [0.2, 0.25) is 0 Å². The first kappa shape index (κ1) is 11.2.